The van der Waals surface area contributed by atoms with Crippen LogP contribution in [-0.4, -0.2) is 41.4 Å². The summed E-state index contributed by atoms with van der Waals surface area (Å²) in [5.41, 5.74) is 0.242. The van der Waals surface area contributed by atoms with Crippen LogP contribution in [0.4, 0.5) is 23.4 Å². The van der Waals surface area contributed by atoms with Gasteiger partial charge in [-0.1, -0.05) is 6.08 Å². The van der Waals surface area contributed by atoms with Gasteiger partial charge in [0.25, 0.3) is 0 Å². The molecule has 0 N–H and O–H groups in total. The smallest absolute Gasteiger partial charge is 0.342 e. The van der Waals surface area contributed by atoms with Crippen LogP contribution in [0.5, 0.6) is 5.75 Å². The summed E-state index contributed by atoms with van der Waals surface area (Å²) in [4.78, 5) is 12.5. The van der Waals surface area contributed by atoms with Crippen LogP contribution in [0.25, 0.3) is 11.3 Å². The van der Waals surface area contributed by atoms with Crippen LogP contribution in [0, 0.1) is 0 Å². The second-order valence-corrected chi connectivity index (χ2v) is 6.53. The highest BCUT2D eigenvalue weighted by Crippen LogP contribution is 2.46. The molecule has 0 saturated carbocycles. The van der Waals surface area contributed by atoms with E-state index in [0.717, 1.165) is 24.0 Å². The maximum absolute atomic E-state index is 14.2. The van der Waals surface area contributed by atoms with Crippen LogP contribution in [0.2, 0.25) is 0 Å². The zero-order valence-electron chi connectivity index (χ0n) is 16.1. The van der Waals surface area contributed by atoms with E-state index in [9.17, 15) is 17.6 Å². The molecule has 10 heteroatoms. The Morgan fingerprint density at radius 3 is 2.61 bits per heavy atom. The van der Waals surface area contributed by atoms with E-state index in [1.165, 1.54) is 12.4 Å². The number of aromatic nitrogens is 2. The molecule has 1 aliphatic carbocycles. The third kappa shape index (κ3) is 4.00. The van der Waals surface area contributed by atoms with Crippen molar-refractivity contribution >= 4 is 11.7 Å². The van der Waals surface area contributed by atoms with Crippen molar-refractivity contribution in [2.45, 2.75) is 11.8 Å². The summed E-state index contributed by atoms with van der Waals surface area (Å²) in [7, 11) is 1.55. The molecule has 1 aromatic heterocycles. The average molecular weight is 433 g/mol. The number of halogens is 4. The van der Waals surface area contributed by atoms with Crippen LogP contribution in [0.1, 0.15) is 0 Å². The molecule has 0 saturated heterocycles. The van der Waals surface area contributed by atoms with Gasteiger partial charge in [0.2, 0.25) is 5.90 Å². The molecule has 160 valence electrons. The Labute approximate surface area is 174 Å². The Balaban J connectivity index is 1.57. The zero-order valence-corrected chi connectivity index (χ0v) is 16.1. The first-order valence-electron chi connectivity index (χ1n) is 9.00. The Morgan fingerprint density at radius 2 is 1.87 bits per heavy atom. The minimum absolute atomic E-state index is 0.128. The second-order valence-electron chi connectivity index (χ2n) is 6.53. The normalized spacial score (nSPS) is 20.4. The number of hydrogen-bond acceptors (Lipinski definition) is 6. The van der Waals surface area contributed by atoms with Gasteiger partial charge in [-0.05, 0) is 36.4 Å². The second kappa shape index (κ2) is 7.86. The van der Waals surface area contributed by atoms with Crippen molar-refractivity contribution in [1.82, 2.24) is 9.97 Å². The van der Waals surface area contributed by atoms with E-state index in [1.54, 1.807) is 31.4 Å². The van der Waals surface area contributed by atoms with Crippen molar-refractivity contribution in [1.29, 1.82) is 0 Å². The van der Waals surface area contributed by atoms with Crippen LogP contribution in [-0.2, 0) is 9.47 Å². The standard InChI is InChI=1S/C21H15F4N3O3/c1-29-14-6-4-13(5-7-14)16-9-26-10-18(27-16)28-19-12-30-11-17(31-19)15-3-2-8-20(22,23)21(15,24)25/h2-11H,12H2,1H3. The molecule has 2 aromatic rings. The fraction of sp³-hybridized carbons (Fsp3) is 0.190. The summed E-state index contributed by atoms with van der Waals surface area (Å²) in [5, 5.41) is 0. The van der Waals surface area contributed by atoms with Gasteiger partial charge in [-0.25, -0.2) is 4.98 Å². The Kier molecular flexibility index (Phi) is 5.22. The summed E-state index contributed by atoms with van der Waals surface area (Å²) in [6.45, 7) is -0.191. The van der Waals surface area contributed by atoms with E-state index in [-0.39, 0.29) is 24.4 Å². The van der Waals surface area contributed by atoms with Gasteiger partial charge in [-0.3, -0.25) is 4.98 Å². The minimum atomic E-state index is -4.46. The van der Waals surface area contributed by atoms with Crippen molar-refractivity contribution in [3.63, 3.8) is 0 Å². The summed E-state index contributed by atoms with van der Waals surface area (Å²) in [5.74, 6) is -8.70. The van der Waals surface area contributed by atoms with Gasteiger partial charge in [0.05, 0.1) is 30.8 Å². The van der Waals surface area contributed by atoms with Gasteiger partial charge in [-0.2, -0.15) is 22.6 Å². The minimum Gasteiger partial charge on any atom is -0.497 e. The number of hydrogen-bond donors (Lipinski definition) is 0. The SMILES string of the molecule is COc1ccc(-c2cncc(N=C3COC=C(C4=CC=CC(F)(F)C4(F)F)O3)n2)cc1. The molecule has 0 atom stereocenters. The third-order valence-corrected chi connectivity index (χ3v) is 4.46. The molecule has 6 nitrogen and oxygen atoms in total. The summed E-state index contributed by atoms with van der Waals surface area (Å²) in [6.07, 6.45) is 5.54. The maximum atomic E-state index is 14.2. The molecule has 1 aromatic carbocycles. The number of allylic oxidation sites excluding steroid dienone is 4. The van der Waals surface area contributed by atoms with Gasteiger partial charge >= 0.3 is 11.8 Å². The lowest BCUT2D eigenvalue weighted by molar-refractivity contribution is -0.156. The van der Waals surface area contributed by atoms with Crippen molar-refractivity contribution in [2.24, 2.45) is 4.99 Å². The van der Waals surface area contributed by atoms with Crippen molar-refractivity contribution < 1.29 is 31.8 Å². The molecule has 0 unspecified atom stereocenters. The first kappa shape index (κ1) is 20.6. The number of alkyl halides is 4. The quantitative estimate of drug-likeness (QED) is 0.646. The van der Waals surface area contributed by atoms with Crippen LogP contribution in [0.3, 0.4) is 0 Å². The average Bonchev–Trinajstić information content (AvgIpc) is 2.76. The monoisotopic (exact) mass is 433 g/mol. The number of rotatable bonds is 4. The van der Waals surface area contributed by atoms with Gasteiger partial charge in [0, 0.05) is 5.56 Å². The number of benzene rings is 1. The fourth-order valence-corrected chi connectivity index (χ4v) is 2.87. The Morgan fingerprint density at radius 1 is 1.10 bits per heavy atom. The maximum Gasteiger partial charge on any atom is 0.342 e. The highest BCUT2D eigenvalue weighted by molar-refractivity contribution is 5.82. The highest BCUT2D eigenvalue weighted by atomic mass is 19.3. The molecule has 0 fully saturated rings. The zero-order chi connectivity index (χ0) is 22.1. The number of ether oxygens (including phenoxy) is 3. The molecule has 0 amide bonds. The lowest BCUT2D eigenvalue weighted by Crippen LogP contribution is -2.43. The Bertz CT molecular complexity index is 1110. The predicted octanol–water partition coefficient (Wildman–Crippen LogP) is 4.84. The molecule has 2 heterocycles. The molecule has 31 heavy (non-hydrogen) atoms. The lowest BCUT2D eigenvalue weighted by atomic mass is 9.95. The first-order chi connectivity index (χ1) is 14.8. The first-order valence-corrected chi connectivity index (χ1v) is 9.00. The molecular formula is C21H15F4N3O3. The van der Waals surface area contributed by atoms with Gasteiger partial charge < -0.3 is 14.2 Å². The summed E-state index contributed by atoms with van der Waals surface area (Å²) in [6, 6.07) is 7.08. The fourth-order valence-electron chi connectivity index (χ4n) is 2.87. The summed E-state index contributed by atoms with van der Waals surface area (Å²) < 4.78 is 71.1. The van der Waals surface area contributed by atoms with Crippen LogP contribution in [0.15, 0.2) is 77.5 Å². The van der Waals surface area contributed by atoms with Crippen molar-refractivity contribution in [3.05, 3.63) is 72.5 Å². The molecule has 0 radical (unpaired) electrons. The summed E-state index contributed by atoms with van der Waals surface area (Å²) >= 11 is 0. The lowest BCUT2D eigenvalue weighted by Gasteiger charge is -2.30. The van der Waals surface area contributed by atoms with Crippen molar-refractivity contribution in [2.75, 3.05) is 13.7 Å². The van der Waals surface area contributed by atoms with E-state index >= 15 is 0 Å². The van der Waals surface area contributed by atoms with Crippen LogP contribution < -0.4 is 4.74 Å². The predicted molar refractivity (Wildman–Crippen MR) is 103 cm³/mol. The number of aliphatic imine (C=N–C) groups is 1. The van der Waals surface area contributed by atoms with Gasteiger partial charge in [0.15, 0.2) is 18.2 Å². The molecule has 2 aliphatic rings. The highest BCUT2D eigenvalue weighted by Gasteiger charge is 2.59. The van der Waals surface area contributed by atoms with Gasteiger partial charge in [0.1, 0.15) is 12.0 Å². The topological polar surface area (TPSA) is 65.8 Å². The van der Waals surface area contributed by atoms with E-state index in [2.05, 4.69) is 15.0 Å². The van der Waals surface area contributed by atoms with Crippen molar-refractivity contribution in [3.8, 4) is 17.0 Å². The molecule has 4 rings (SSSR count). The van der Waals surface area contributed by atoms with E-state index in [4.69, 9.17) is 14.2 Å². The van der Waals surface area contributed by atoms with Gasteiger partial charge in [-0.15, -0.1) is 0 Å². The number of methoxy groups -OCH3 is 1. The Hall–Kier alpha value is -3.69. The number of nitrogens with zero attached hydrogens (tertiary/aromatic N) is 3. The van der Waals surface area contributed by atoms with E-state index in [0.29, 0.717) is 11.4 Å². The van der Waals surface area contributed by atoms with E-state index < -0.39 is 23.2 Å². The molecule has 0 spiro atoms. The van der Waals surface area contributed by atoms with E-state index in [1.807, 2.05) is 0 Å². The molecule has 1 aliphatic heterocycles. The molecular weight excluding hydrogens is 418 g/mol. The largest absolute Gasteiger partial charge is 0.497 e. The third-order valence-electron chi connectivity index (χ3n) is 4.46. The van der Waals surface area contributed by atoms with Crippen LogP contribution >= 0.6 is 0 Å². The molecule has 0 bridgehead atoms.